The lowest BCUT2D eigenvalue weighted by molar-refractivity contribution is 0.377. The summed E-state index contributed by atoms with van der Waals surface area (Å²) >= 11 is 0. The van der Waals surface area contributed by atoms with Crippen LogP contribution in [0.4, 0.5) is 5.95 Å². The minimum atomic E-state index is 0.309. The highest BCUT2D eigenvalue weighted by Crippen LogP contribution is 2.10. The highest BCUT2D eigenvalue weighted by atomic mass is 16.5. The first-order chi connectivity index (χ1) is 8.31. The van der Waals surface area contributed by atoms with Crippen molar-refractivity contribution in [1.29, 1.82) is 0 Å². The number of nitrogens with one attached hydrogen (secondary N) is 1. The maximum Gasteiger partial charge on any atom is 0.321 e. The molecule has 0 aliphatic rings. The standard InChI is InChI=1S/C11H13N5O/c1-12-10-14-9(15-11(16-10)17-2)6-8-4-3-5-13-7-8/h3-5,7H,6H2,1-2H3,(H,12,14,15,16). The van der Waals surface area contributed by atoms with Gasteiger partial charge in [-0.3, -0.25) is 4.98 Å². The quantitative estimate of drug-likeness (QED) is 0.843. The molecule has 0 spiro atoms. The summed E-state index contributed by atoms with van der Waals surface area (Å²) in [4.78, 5) is 16.5. The molecular formula is C11H13N5O. The maximum absolute atomic E-state index is 5.02. The van der Waals surface area contributed by atoms with Crippen LogP contribution in [0.15, 0.2) is 24.5 Å². The number of anilines is 1. The number of ether oxygens (including phenoxy) is 1. The van der Waals surface area contributed by atoms with Crippen molar-refractivity contribution in [2.24, 2.45) is 0 Å². The number of hydrogen-bond acceptors (Lipinski definition) is 6. The third-order valence-corrected chi connectivity index (χ3v) is 2.15. The van der Waals surface area contributed by atoms with Crippen LogP contribution in [0.2, 0.25) is 0 Å². The van der Waals surface area contributed by atoms with Gasteiger partial charge in [-0.1, -0.05) is 6.07 Å². The van der Waals surface area contributed by atoms with Crippen LogP contribution in [-0.4, -0.2) is 34.1 Å². The van der Waals surface area contributed by atoms with Crippen LogP contribution in [0.25, 0.3) is 0 Å². The Bertz CT molecular complexity index is 466. The molecular weight excluding hydrogens is 218 g/mol. The Hall–Kier alpha value is -2.24. The van der Waals surface area contributed by atoms with E-state index in [1.54, 1.807) is 19.4 Å². The molecule has 0 radical (unpaired) electrons. The summed E-state index contributed by atoms with van der Waals surface area (Å²) in [6, 6.07) is 4.16. The summed E-state index contributed by atoms with van der Waals surface area (Å²) in [5.74, 6) is 1.14. The van der Waals surface area contributed by atoms with E-state index >= 15 is 0 Å². The molecule has 0 aromatic carbocycles. The van der Waals surface area contributed by atoms with Crippen molar-refractivity contribution in [3.63, 3.8) is 0 Å². The Kier molecular flexibility index (Phi) is 3.44. The summed E-state index contributed by atoms with van der Waals surface area (Å²) in [6.07, 6.45) is 4.12. The molecule has 0 bridgehead atoms. The number of rotatable bonds is 4. The number of pyridine rings is 1. The van der Waals surface area contributed by atoms with E-state index in [4.69, 9.17) is 4.74 Å². The van der Waals surface area contributed by atoms with E-state index in [1.807, 2.05) is 12.1 Å². The van der Waals surface area contributed by atoms with Crippen LogP contribution in [0.1, 0.15) is 11.4 Å². The third-order valence-electron chi connectivity index (χ3n) is 2.15. The van der Waals surface area contributed by atoms with E-state index in [1.165, 1.54) is 7.11 Å². The predicted molar refractivity (Wildman–Crippen MR) is 63.0 cm³/mol. The summed E-state index contributed by atoms with van der Waals surface area (Å²) in [5, 5.41) is 2.87. The molecule has 0 aliphatic heterocycles. The third kappa shape index (κ3) is 2.87. The first-order valence-electron chi connectivity index (χ1n) is 5.17. The maximum atomic E-state index is 5.02. The van der Waals surface area contributed by atoms with Crippen LogP contribution >= 0.6 is 0 Å². The molecule has 0 atom stereocenters. The Balaban J connectivity index is 2.26. The average molecular weight is 231 g/mol. The second-order valence-electron chi connectivity index (χ2n) is 3.35. The summed E-state index contributed by atoms with van der Waals surface area (Å²) in [5.41, 5.74) is 1.04. The van der Waals surface area contributed by atoms with E-state index < -0.39 is 0 Å². The van der Waals surface area contributed by atoms with Gasteiger partial charge in [0.25, 0.3) is 0 Å². The lowest BCUT2D eigenvalue weighted by Crippen LogP contribution is -2.06. The molecule has 6 nitrogen and oxygen atoms in total. The zero-order chi connectivity index (χ0) is 12.1. The zero-order valence-electron chi connectivity index (χ0n) is 9.71. The number of hydrogen-bond donors (Lipinski definition) is 1. The monoisotopic (exact) mass is 231 g/mol. The van der Waals surface area contributed by atoms with E-state index in [9.17, 15) is 0 Å². The van der Waals surface area contributed by atoms with Crippen molar-refractivity contribution in [1.82, 2.24) is 19.9 Å². The fourth-order valence-electron chi connectivity index (χ4n) is 1.37. The van der Waals surface area contributed by atoms with Gasteiger partial charge in [0.15, 0.2) is 0 Å². The van der Waals surface area contributed by atoms with Gasteiger partial charge >= 0.3 is 6.01 Å². The van der Waals surface area contributed by atoms with Gasteiger partial charge in [0, 0.05) is 25.9 Å². The van der Waals surface area contributed by atoms with E-state index in [-0.39, 0.29) is 0 Å². The number of methoxy groups -OCH3 is 1. The van der Waals surface area contributed by atoms with Gasteiger partial charge < -0.3 is 10.1 Å². The highest BCUT2D eigenvalue weighted by molar-refractivity contribution is 5.26. The van der Waals surface area contributed by atoms with Crippen molar-refractivity contribution in [2.45, 2.75) is 6.42 Å². The van der Waals surface area contributed by atoms with Crippen LogP contribution in [0, 0.1) is 0 Å². The molecule has 2 aromatic rings. The highest BCUT2D eigenvalue weighted by Gasteiger charge is 2.06. The summed E-state index contributed by atoms with van der Waals surface area (Å²) in [7, 11) is 3.28. The molecule has 17 heavy (non-hydrogen) atoms. The minimum Gasteiger partial charge on any atom is -0.467 e. The Morgan fingerprint density at radius 2 is 2.18 bits per heavy atom. The first-order valence-corrected chi connectivity index (χ1v) is 5.17. The Morgan fingerprint density at radius 3 is 2.82 bits per heavy atom. The van der Waals surface area contributed by atoms with Crippen LogP contribution < -0.4 is 10.1 Å². The van der Waals surface area contributed by atoms with Gasteiger partial charge in [-0.2, -0.15) is 15.0 Å². The van der Waals surface area contributed by atoms with Gasteiger partial charge in [0.1, 0.15) is 5.82 Å². The zero-order valence-corrected chi connectivity index (χ0v) is 9.71. The molecule has 0 unspecified atom stereocenters. The topological polar surface area (TPSA) is 72.8 Å². The molecule has 2 aromatic heterocycles. The molecule has 2 heterocycles. The second kappa shape index (κ2) is 5.20. The van der Waals surface area contributed by atoms with E-state index in [0.29, 0.717) is 24.2 Å². The lowest BCUT2D eigenvalue weighted by Gasteiger charge is -2.05. The molecule has 0 amide bonds. The SMILES string of the molecule is CNc1nc(Cc2cccnc2)nc(OC)n1. The lowest BCUT2D eigenvalue weighted by atomic mass is 10.2. The molecule has 6 heteroatoms. The largest absolute Gasteiger partial charge is 0.467 e. The van der Waals surface area contributed by atoms with Crippen molar-refractivity contribution in [3.05, 3.63) is 35.9 Å². The van der Waals surface area contributed by atoms with Crippen molar-refractivity contribution < 1.29 is 4.74 Å². The molecule has 0 aliphatic carbocycles. The fourth-order valence-corrected chi connectivity index (χ4v) is 1.37. The molecule has 88 valence electrons. The fraction of sp³-hybridized carbons (Fsp3) is 0.273. The van der Waals surface area contributed by atoms with E-state index in [0.717, 1.165) is 5.56 Å². The Labute approximate surface area is 99.1 Å². The number of aromatic nitrogens is 4. The van der Waals surface area contributed by atoms with Crippen LogP contribution in [0.3, 0.4) is 0 Å². The average Bonchev–Trinajstić information content (AvgIpc) is 2.39. The number of nitrogens with zero attached hydrogens (tertiary/aromatic N) is 4. The van der Waals surface area contributed by atoms with Gasteiger partial charge in [-0.25, -0.2) is 0 Å². The van der Waals surface area contributed by atoms with E-state index in [2.05, 4.69) is 25.3 Å². The van der Waals surface area contributed by atoms with Crippen molar-refractivity contribution >= 4 is 5.95 Å². The molecule has 2 rings (SSSR count). The molecule has 0 saturated carbocycles. The normalized spacial score (nSPS) is 10.0. The van der Waals surface area contributed by atoms with Crippen LogP contribution in [-0.2, 0) is 6.42 Å². The predicted octanol–water partition coefficient (Wildman–Crippen LogP) is 0.908. The smallest absolute Gasteiger partial charge is 0.321 e. The second-order valence-corrected chi connectivity index (χ2v) is 3.35. The van der Waals surface area contributed by atoms with Gasteiger partial charge in [-0.15, -0.1) is 0 Å². The van der Waals surface area contributed by atoms with Crippen molar-refractivity contribution in [3.8, 4) is 6.01 Å². The molecule has 0 saturated heterocycles. The van der Waals surface area contributed by atoms with Crippen molar-refractivity contribution in [2.75, 3.05) is 19.5 Å². The molecule has 1 N–H and O–H groups in total. The Morgan fingerprint density at radius 1 is 1.29 bits per heavy atom. The minimum absolute atomic E-state index is 0.309. The first kappa shape index (κ1) is 11.3. The summed E-state index contributed by atoms with van der Waals surface area (Å²) in [6.45, 7) is 0. The van der Waals surface area contributed by atoms with Crippen LogP contribution in [0.5, 0.6) is 6.01 Å². The summed E-state index contributed by atoms with van der Waals surface area (Å²) < 4.78 is 5.02. The van der Waals surface area contributed by atoms with Gasteiger partial charge in [0.05, 0.1) is 7.11 Å². The van der Waals surface area contributed by atoms with Gasteiger partial charge in [-0.05, 0) is 11.6 Å². The molecule has 0 fully saturated rings. The van der Waals surface area contributed by atoms with Gasteiger partial charge in [0.2, 0.25) is 5.95 Å².